The van der Waals surface area contributed by atoms with Gasteiger partial charge >= 0.3 is 11.9 Å². The van der Waals surface area contributed by atoms with Crippen LogP contribution in [-0.2, 0) is 24.3 Å². The molecule has 1 saturated heterocycles. The predicted octanol–water partition coefficient (Wildman–Crippen LogP) is 3.14. The lowest BCUT2D eigenvalue weighted by atomic mass is 10.1. The summed E-state index contributed by atoms with van der Waals surface area (Å²) in [5, 5.41) is 2.52. The first-order valence-corrected chi connectivity index (χ1v) is 12.5. The van der Waals surface area contributed by atoms with Crippen LogP contribution in [0.2, 0.25) is 0 Å². The molecule has 0 saturated carbocycles. The summed E-state index contributed by atoms with van der Waals surface area (Å²) in [5.74, 6) is -2.07. The molecule has 0 aliphatic carbocycles. The van der Waals surface area contributed by atoms with Gasteiger partial charge in [-0.05, 0) is 56.5 Å². The zero-order valence-corrected chi connectivity index (χ0v) is 20.0. The molecular weight excluding hydrogens is 460 g/mol. The van der Waals surface area contributed by atoms with Gasteiger partial charge in [-0.15, -0.1) is 0 Å². The number of carbonyl (C=O) groups is 3. The molecule has 2 aromatic rings. The van der Waals surface area contributed by atoms with Crippen LogP contribution in [0.25, 0.3) is 0 Å². The fraction of sp³-hybridized carbons (Fsp3) is 0.375. The monoisotopic (exact) mass is 488 g/mol. The molecule has 1 amide bonds. The Morgan fingerprint density at radius 1 is 0.971 bits per heavy atom. The van der Waals surface area contributed by atoms with E-state index in [9.17, 15) is 22.8 Å². The van der Waals surface area contributed by atoms with E-state index in [4.69, 9.17) is 9.47 Å². The van der Waals surface area contributed by atoms with Gasteiger partial charge in [0, 0.05) is 13.1 Å². The minimum atomic E-state index is -3.74. The molecule has 34 heavy (non-hydrogen) atoms. The lowest BCUT2D eigenvalue weighted by molar-refractivity contribution is -0.119. The second kappa shape index (κ2) is 11.3. The third-order valence-corrected chi connectivity index (χ3v) is 7.43. The Morgan fingerprint density at radius 2 is 1.68 bits per heavy atom. The summed E-state index contributed by atoms with van der Waals surface area (Å²) < 4.78 is 37.6. The molecule has 3 rings (SSSR count). The van der Waals surface area contributed by atoms with Gasteiger partial charge in [0.15, 0.2) is 6.61 Å². The zero-order valence-electron chi connectivity index (χ0n) is 19.2. The van der Waals surface area contributed by atoms with Gasteiger partial charge < -0.3 is 14.8 Å². The number of aryl methyl sites for hydroxylation is 1. The van der Waals surface area contributed by atoms with Crippen molar-refractivity contribution in [2.45, 2.75) is 38.0 Å². The smallest absolute Gasteiger partial charge is 0.340 e. The van der Waals surface area contributed by atoms with Gasteiger partial charge in [-0.2, -0.15) is 4.31 Å². The summed E-state index contributed by atoms with van der Waals surface area (Å²) in [5.41, 5.74) is 0.957. The van der Waals surface area contributed by atoms with Gasteiger partial charge in [0.1, 0.15) is 0 Å². The van der Waals surface area contributed by atoms with Crippen LogP contribution in [0.1, 0.15) is 52.5 Å². The number of nitrogens with zero attached hydrogens (tertiary/aromatic N) is 1. The quantitative estimate of drug-likeness (QED) is 0.567. The fourth-order valence-electron chi connectivity index (χ4n) is 3.63. The maximum Gasteiger partial charge on any atom is 0.340 e. The number of benzene rings is 2. The highest BCUT2D eigenvalue weighted by atomic mass is 32.2. The van der Waals surface area contributed by atoms with Crippen molar-refractivity contribution >= 4 is 33.6 Å². The van der Waals surface area contributed by atoms with Crippen molar-refractivity contribution in [1.29, 1.82) is 0 Å². The molecule has 0 radical (unpaired) electrons. The number of amides is 1. The van der Waals surface area contributed by atoms with Crippen LogP contribution < -0.4 is 5.32 Å². The first kappa shape index (κ1) is 25.4. The molecule has 1 fully saturated rings. The summed E-state index contributed by atoms with van der Waals surface area (Å²) in [4.78, 5) is 37.0. The number of hydrogen-bond acceptors (Lipinski definition) is 7. The maximum atomic E-state index is 13.1. The van der Waals surface area contributed by atoms with Crippen LogP contribution in [0.5, 0.6) is 0 Å². The summed E-state index contributed by atoms with van der Waals surface area (Å²) in [7, 11) is -3.74. The van der Waals surface area contributed by atoms with E-state index in [0.717, 1.165) is 19.3 Å². The SMILES string of the molecule is CCOC(=O)c1ccccc1NC(=O)COC(=O)c1ccc(C)c(S(=O)(=O)N2CCCCC2)c1. The van der Waals surface area contributed by atoms with E-state index in [1.54, 1.807) is 32.0 Å². The largest absolute Gasteiger partial charge is 0.462 e. The summed E-state index contributed by atoms with van der Waals surface area (Å²) in [6.07, 6.45) is 2.59. The molecular formula is C24H28N2O7S. The van der Waals surface area contributed by atoms with Crippen molar-refractivity contribution in [3.05, 3.63) is 59.2 Å². The maximum absolute atomic E-state index is 13.1. The molecule has 182 valence electrons. The van der Waals surface area contributed by atoms with Crippen LogP contribution in [0.3, 0.4) is 0 Å². The van der Waals surface area contributed by atoms with Crippen LogP contribution in [0, 0.1) is 6.92 Å². The molecule has 1 heterocycles. The molecule has 0 spiro atoms. The van der Waals surface area contributed by atoms with Gasteiger partial charge in [-0.1, -0.05) is 24.6 Å². The fourth-order valence-corrected chi connectivity index (χ4v) is 5.40. The molecule has 9 nitrogen and oxygen atoms in total. The Balaban J connectivity index is 1.67. The minimum Gasteiger partial charge on any atom is -0.462 e. The minimum absolute atomic E-state index is 0.0286. The van der Waals surface area contributed by atoms with E-state index in [-0.39, 0.29) is 28.3 Å². The lowest BCUT2D eigenvalue weighted by Crippen LogP contribution is -2.36. The van der Waals surface area contributed by atoms with Crippen molar-refractivity contribution in [2.75, 3.05) is 31.6 Å². The van der Waals surface area contributed by atoms with E-state index in [0.29, 0.717) is 18.7 Å². The molecule has 0 unspecified atom stereocenters. The third-order valence-electron chi connectivity index (χ3n) is 5.39. The number of hydrogen-bond donors (Lipinski definition) is 1. The number of carbonyl (C=O) groups excluding carboxylic acids is 3. The van der Waals surface area contributed by atoms with Gasteiger partial charge in [0.2, 0.25) is 10.0 Å². The summed E-state index contributed by atoms with van der Waals surface area (Å²) in [6, 6.07) is 10.6. The first-order chi connectivity index (χ1) is 16.2. The number of nitrogens with one attached hydrogen (secondary N) is 1. The Bertz CT molecular complexity index is 1170. The summed E-state index contributed by atoms with van der Waals surface area (Å²) in [6.45, 7) is 3.81. The van der Waals surface area contributed by atoms with Gasteiger partial charge in [0.05, 0.1) is 28.3 Å². The van der Waals surface area contributed by atoms with E-state index < -0.39 is 34.5 Å². The Morgan fingerprint density at radius 3 is 2.38 bits per heavy atom. The normalized spacial score (nSPS) is 14.3. The second-order valence-corrected chi connectivity index (χ2v) is 9.74. The average molecular weight is 489 g/mol. The Hall–Kier alpha value is -3.24. The number of esters is 2. The molecule has 0 bridgehead atoms. The molecule has 1 aliphatic heterocycles. The number of para-hydroxylation sites is 1. The highest BCUT2D eigenvalue weighted by molar-refractivity contribution is 7.89. The lowest BCUT2D eigenvalue weighted by Gasteiger charge is -2.26. The third kappa shape index (κ3) is 6.00. The number of anilines is 1. The van der Waals surface area contributed by atoms with Crippen LogP contribution in [0.15, 0.2) is 47.4 Å². The molecule has 1 N–H and O–H groups in total. The van der Waals surface area contributed by atoms with E-state index >= 15 is 0 Å². The number of sulfonamides is 1. The van der Waals surface area contributed by atoms with Gasteiger partial charge in [-0.3, -0.25) is 4.79 Å². The van der Waals surface area contributed by atoms with Crippen molar-refractivity contribution in [2.24, 2.45) is 0 Å². The molecule has 1 aliphatic rings. The molecule has 10 heteroatoms. The molecule has 0 atom stereocenters. The zero-order chi connectivity index (χ0) is 24.7. The number of rotatable bonds is 8. The van der Waals surface area contributed by atoms with Crippen molar-refractivity contribution in [3.63, 3.8) is 0 Å². The van der Waals surface area contributed by atoms with E-state index in [1.807, 2.05) is 0 Å². The average Bonchev–Trinajstić information content (AvgIpc) is 2.83. The standard InChI is InChI=1S/C24H28N2O7S/c1-3-32-24(29)19-9-5-6-10-20(19)25-22(27)16-33-23(28)18-12-11-17(2)21(15-18)34(30,31)26-13-7-4-8-14-26/h5-6,9-12,15H,3-4,7-8,13-14,16H2,1-2H3,(H,25,27). The van der Waals surface area contributed by atoms with Crippen molar-refractivity contribution < 1.29 is 32.3 Å². The molecule has 2 aromatic carbocycles. The van der Waals surface area contributed by atoms with E-state index in [1.165, 1.54) is 28.6 Å². The van der Waals surface area contributed by atoms with E-state index in [2.05, 4.69) is 5.32 Å². The van der Waals surface area contributed by atoms with Crippen molar-refractivity contribution in [1.82, 2.24) is 4.31 Å². The van der Waals surface area contributed by atoms with Crippen LogP contribution in [0.4, 0.5) is 5.69 Å². The summed E-state index contributed by atoms with van der Waals surface area (Å²) >= 11 is 0. The Labute approximate surface area is 199 Å². The second-order valence-electron chi connectivity index (χ2n) is 7.84. The predicted molar refractivity (Wildman–Crippen MR) is 125 cm³/mol. The topological polar surface area (TPSA) is 119 Å². The van der Waals surface area contributed by atoms with Gasteiger partial charge in [0.25, 0.3) is 5.91 Å². The molecule has 0 aromatic heterocycles. The number of ether oxygens (including phenoxy) is 2. The highest BCUT2D eigenvalue weighted by Crippen LogP contribution is 2.25. The Kier molecular flexibility index (Phi) is 8.41. The van der Waals surface area contributed by atoms with Crippen LogP contribution >= 0.6 is 0 Å². The van der Waals surface area contributed by atoms with Crippen LogP contribution in [-0.4, -0.2) is 56.9 Å². The van der Waals surface area contributed by atoms with Gasteiger partial charge in [-0.25, -0.2) is 18.0 Å². The van der Waals surface area contributed by atoms with Crippen molar-refractivity contribution in [3.8, 4) is 0 Å². The first-order valence-electron chi connectivity index (χ1n) is 11.1. The highest BCUT2D eigenvalue weighted by Gasteiger charge is 2.28. The number of piperidine rings is 1.